The minimum atomic E-state index is -0.362. The van der Waals surface area contributed by atoms with Gasteiger partial charge in [-0.25, -0.2) is 0 Å². The van der Waals surface area contributed by atoms with E-state index in [9.17, 15) is 4.79 Å². The Labute approximate surface area is 140 Å². The van der Waals surface area contributed by atoms with Crippen LogP contribution in [0.3, 0.4) is 0 Å². The van der Waals surface area contributed by atoms with Gasteiger partial charge in [0.05, 0.1) is 5.69 Å². The number of rotatable bonds is 3. The third-order valence-electron chi connectivity index (χ3n) is 3.42. The van der Waals surface area contributed by atoms with Crippen LogP contribution >= 0.6 is 11.6 Å². The fraction of sp³-hybridized carbons (Fsp3) is 0. The lowest BCUT2D eigenvalue weighted by molar-refractivity contribution is 0.817. The molecule has 8 heteroatoms. The lowest BCUT2D eigenvalue weighted by Crippen LogP contribution is -2.12. The summed E-state index contributed by atoms with van der Waals surface area (Å²) in [4.78, 5) is 19.3. The van der Waals surface area contributed by atoms with Gasteiger partial charge in [-0.2, -0.15) is 9.67 Å². The fourth-order valence-corrected chi connectivity index (χ4v) is 2.42. The van der Waals surface area contributed by atoms with Crippen molar-refractivity contribution < 1.29 is 0 Å². The summed E-state index contributed by atoms with van der Waals surface area (Å²) in [7, 11) is 0. The van der Waals surface area contributed by atoms with Crippen molar-refractivity contribution in [1.29, 1.82) is 0 Å². The molecular weight excluding hydrogens is 328 g/mol. The van der Waals surface area contributed by atoms with Gasteiger partial charge in [-0.05, 0) is 36.4 Å². The molecular formula is C16H11ClN6O. The Bertz CT molecular complexity index is 1060. The summed E-state index contributed by atoms with van der Waals surface area (Å²) in [6, 6.07) is 16.5. The van der Waals surface area contributed by atoms with Crippen molar-refractivity contribution in [1.82, 2.24) is 25.0 Å². The van der Waals surface area contributed by atoms with Gasteiger partial charge in [0, 0.05) is 10.7 Å². The zero-order valence-electron chi connectivity index (χ0n) is 12.3. The van der Waals surface area contributed by atoms with Crippen molar-refractivity contribution in [2.75, 3.05) is 5.32 Å². The van der Waals surface area contributed by atoms with Crippen LogP contribution in [0.2, 0.25) is 5.02 Å². The molecule has 0 bridgehead atoms. The van der Waals surface area contributed by atoms with E-state index in [0.717, 1.165) is 5.69 Å². The second-order valence-corrected chi connectivity index (χ2v) is 5.49. The number of nitrogens with one attached hydrogen (secondary N) is 2. The van der Waals surface area contributed by atoms with E-state index in [1.54, 1.807) is 24.3 Å². The Kier molecular flexibility index (Phi) is 3.47. The van der Waals surface area contributed by atoms with Crippen LogP contribution in [0, 0.1) is 0 Å². The van der Waals surface area contributed by atoms with E-state index in [1.165, 1.54) is 4.68 Å². The third kappa shape index (κ3) is 2.61. The van der Waals surface area contributed by atoms with Gasteiger partial charge >= 0.3 is 0 Å². The normalized spacial score (nSPS) is 10.9. The van der Waals surface area contributed by atoms with Gasteiger partial charge < -0.3 is 5.32 Å². The fourth-order valence-electron chi connectivity index (χ4n) is 2.30. The van der Waals surface area contributed by atoms with Gasteiger partial charge in [0.2, 0.25) is 5.95 Å². The van der Waals surface area contributed by atoms with Gasteiger partial charge in [-0.1, -0.05) is 35.0 Å². The highest BCUT2D eigenvalue weighted by molar-refractivity contribution is 6.30. The summed E-state index contributed by atoms with van der Waals surface area (Å²) in [6.45, 7) is 0. The van der Waals surface area contributed by atoms with Crippen molar-refractivity contribution in [3.05, 3.63) is 70.0 Å². The van der Waals surface area contributed by atoms with Gasteiger partial charge in [0.15, 0.2) is 11.2 Å². The molecule has 0 saturated heterocycles. The molecule has 0 aliphatic rings. The van der Waals surface area contributed by atoms with Crippen molar-refractivity contribution in [3.8, 4) is 5.69 Å². The lowest BCUT2D eigenvalue weighted by Gasteiger charge is -2.06. The second-order valence-electron chi connectivity index (χ2n) is 5.06. The third-order valence-corrected chi connectivity index (χ3v) is 3.67. The number of benzene rings is 2. The Morgan fingerprint density at radius 1 is 1.04 bits per heavy atom. The van der Waals surface area contributed by atoms with Crippen molar-refractivity contribution in [2.45, 2.75) is 0 Å². The monoisotopic (exact) mass is 338 g/mol. The molecule has 4 aromatic rings. The highest BCUT2D eigenvalue weighted by Crippen LogP contribution is 2.17. The summed E-state index contributed by atoms with van der Waals surface area (Å²) < 4.78 is 1.50. The zero-order chi connectivity index (χ0) is 16.5. The van der Waals surface area contributed by atoms with Crippen LogP contribution in [0.5, 0.6) is 0 Å². The first-order chi connectivity index (χ1) is 11.7. The minimum Gasteiger partial charge on any atom is -0.326 e. The first-order valence-electron chi connectivity index (χ1n) is 7.14. The molecule has 0 amide bonds. The van der Waals surface area contributed by atoms with Crippen LogP contribution in [-0.2, 0) is 0 Å². The molecule has 4 rings (SSSR count). The average Bonchev–Trinajstić information content (AvgIpc) is 3.01. The lowest BCUT2D eigenvalue weighted by atomic mass is 10.3. The number of hydrogen-bond donors (Lipinski definition) is 2. The highest BCUT2D eigenvalue weighted by atomic mass is 35.5. The molecule has 7 nitrogen and oxygen atoms in total. The number of hydrogen-bond acceptors (Lipinski definition) is 5. The maximum atomic E-state index is 12.2. The van der Waals surface area contributed by atoms with Crippen LogP contribution in [0.25, 0.3) is 16.9 Å². The van der Waals surface area contributed by atoms with E-state index < -0.39 is 0 Å². The smallest absolute Gasteiger partial charge is 0.282 e. The SMILES string of the molecule is O=c1[nH]c(Nc2ccccc2)nc2c1nnn2-c1ccc(Cl)cc1. The highest BCUT2D eigenvalue weighted by Gasteiger charge is 2.13. The minimum absolute atomic E-state index is 0.170. The Hall–Kier alpha value is -3.19. The molecule has 0 spiro atoms. The van der Waals surface area contributed by atoms with Crippen LogP contribution in [0.4, 0.5) is 11.6 Å². The molecule has 2 heterocycles. The molecule has 0 aliphatic heterocycles. The molecule has 2 aromatic carbocycles. The van der Waals surface area contributed by atoms with Crippen LogP contribution < -0.4 is 10.9 Å². The molecule has 2 aromatic heterocycles. The molecule has 0 saturated carbocycles. The summed E-state index contributed by atoms with van der Waals surface area (Å²) >= 11 is 5.91. The maximum Gasteiger partial charge on any atom is 0.282 e. The summed E-state index contributed by atoms with van der Waals surface area (Å²) in [5.74, 6) is 0.316. The number of halogens is 1. The number of fused-ring (bicyclic) bond motifs is 1. The van der Waals surface area contributed by atoms with Crippen molar-refractivity contribution >= 4 is 34.4 Å². The standard InChI is InChI=1S/C16H11ClN6O/c17-10-6-8-12(9-7-10)23-14-13(21-22-23)15(24)20-16(19-14)18-11-4-2-1-3-5-11/h1-9H,(H2,18,19,20,24). The van der Waals surface area contributed by atoms with E-state index in [-0.39, 0.29) is 11.1 Å². The van der Waals surface area contributed by atoms with Gasteiger partial charge in [0.1, 0.15) is 0 Å². The van der Waals surface area contributed by atoms with Gasteiger partial charge in [0.25, 0.3) is 5.56 Å². The van der Waals surface area contributed by atoms with Gasteiger partial charge in [-0.15, -0.1) is 5.10 Å². The van der Waals surface area contributed by atoms with Crippen molar-refractivity contribution in [2.24, 2.45) is 0 Å². The summed E-state index contributed by atoms with van der Waals surface area (Å²) in [6.07, 6.45) is 0. The molecule has 0 fully saturated rings. The molecule has 0 aliphatic carbocycles. The molecule has 118 valence electrons. The first kappa shape index (κ1) is 14.4. The Morgan fingerprint density at radius 2 is 1.79 bits per heavy atom. The predicted molar refractivity (Wildman–Crippen MR) is 92.0 cm³/mol. The number of H-pyrrole nitrogens is 1. The van der Waals surface area contributed by atoms with E-state index in [0.29, 0.717) is 22.3 Å². The predicted octanol–water partition coefficient (Wildman–Crippen LogP) is 2.90. The molecule has 0 unspecified atom stereocenters. The Balaban J connectivity index is 1.82. The number of para-hydroxylation sites is 1. The summed E-state index contributed by atoms with van der Waals surface area (Å²) in [5.41, 5.74) is 1.69. The van der Waals surface area contributed by atoms with Crippen LogP contribution in [0.15, 0.2) is 59.4 Å². The van der Waals surface area contributed by atoms with E-state index in [4.69, 9.17) is 11.6 Å². The first-order valence-corrected chi connectivity index (χ1v) is 7.52. The number of aromatic amines is 1. The van der Waals surface area contributed by atoms with Gasteiger partial charge in [-0.3, -0.25) is 9.78 Å². The quantitative estimate of drug-likeness (QED) is 0.599. The van der Waals surface area contributed by atoms with Crippen molar-refractivity contribution in [3.63, 3.8) is 0 Å². The molecule has 2 N–H and O–H groups in total. The number of nitrogens with zero attached hydrogens (tertiary/aromatic N) is 4. The number of anilines is 2. The van der Waals surface area contributed by atoms with E-state index in [2.05, 4.69) is 25.6 Å². The number of aromatic nitrogens is 5. The van der Waals surface area contributed by atoms with E-state index >= 15 is 0 Å². The summed E-state index contributed by atoms with van der Waals surface area (Å²) in [5, 5.41) is 11.6. The zero-order valence-corrected chi connectivity index (χ0v) is 13.0. The average molecular weight is 339 g/mol. The van der Waals surface area contributed by atoms with Crippen LogP contribution in [-0.4, -0.2) is 25.0 Å². The molecule has 0 atom stereocenters. The topological polar surface area (TPSA) is 88.5 Å². The van der Waals surface area contributed by atoms with E-state index in [1.807, 2.05) is 30.3 Å². The maximum absolute atomic E-state index is 12.2. The second kappa shape index (κ2) is 5.78. The largest absolute Gasteiger partial charge is 0.326 e. The van der Waals surface area contributed by atoms with Crippen LogP contribution in [0.1, 0.15) is 0 Å². The molecule has 24 heavy (non-hydrogen) atoms. The molecule has 0 radical (unpaired) electrons. The Morgan fingerprint density at radius 3 is 2.54 bits per heavy atom.